The summed E-state index contributed by atoms with van der Waals surface area (Å²) in [5.74, 6) is 0.332. The molecule has 0 aromatic rings. The number of carbonyl (C=O) groups excluding carboxylic acids is 1. The van der Waals surface area contributed by atoms with Crippen molar-refractivity contribution < 1.29 is 4.79 Å². The minimum atomic E-state index is 0.332. The van der Waals surface area contributed by atoms with E-state index in [1.807, 2.05) is 0 Å². The quantitative estimate of drug-likeness (QED) is 0.397. The minimum Gasteiger partial charge on any atom is -0.300 e. The monoisotopic (exact) mass is 196 g/mol. The van der Waals surface area contributed by atoms with Gasteiger partial charge in [0.05, 0.1) is 0 Å². The molecule has 82 valence electrons. The zero-order valence-corrected chi connectivity index (χ0v) is 9.72. The number of carbonyl (C=O) groups is 1. The van der Waals surface area contributed by atoms with Crippen molar-refractivity contribution in [3.05, 3.63) is 12.2 Å². The zero-order chi connectivity index (χ0) is 10.6. The Kier molecular flexibility index (Phi) is 10.0. The Hall–Kier alpha value is -0.590. The molecule has 0 saturated carbocycles. The molecule has 0 radical (unpaired) electrons. The van der Waals surface area contributed by atoms with Gasteiger partial charge in [0.1, 0.15) is 5.78 Å². The molecule has 0 rings (SSSR count). The van der Waals surface area contributed by atoms with Crippen molar-refractivity contribution in [2.45, 2.75) is 65.2 Å². The molecule has 14 heavy (non-hydrogen) atoms. The molecule has 1 nitrogen and oxygen atoms in total. The van der Waals surface area contributed by atoms with E-state index in [4.69, 9.17) is 0 Å². The van der Waals surface area contributed by atoms with Gasteiger partial charge in [-0.3, -0.25) is 0 Å². The van der Waals surface area contributed by atoms with Crippen LogP contribution in [0.5, 0.6) is 0 Å². The molecular weight excluding hydrogens is 172 g/mol. The maximum absolute atomic E-state index is 10.6. The van der Waals surface area contributed by atoms with Crippen LogP contribution < -0.4 is 0 Å². The first-order chi connectivity index (χ1) is 6.77. The average molecular weight is 196 g/mol. The molecule has 0 unspecified atom stereocenters. The summed E-state index contributed by atoms with van der Waals surface area (Å²) in [6, 6.07) is 0. The van der Waals surface area contributed by atoms with Crippen molar-refractivity contribution in [3.63, 3.8) is 0 Å². The lowest BCUT2D eigenvalue weighted by molar-refractivity contribution is -0.117. The summed E-state index contributed by atoms with van der Waals surface area (Å²) in [6.45, 7) is 3.75. The number of hydrogen-bond donors (Lipinski definition) is 0. The van der Waals surface area contributed by atoms with Crippen molar-refractivity contribution in [3.8, 4) is 0 Å². The Morgan fingerprint density at radius 2 is 1.57 bits per heavy atom. The maximum Gasteiger partial charge on any atom is 0.129 e. The summed E-state index contributed by atoms with van der Waals surface area (Å²) in [5, 5.41) is 0. The summed E-state index contributed by atoms with van der Waals surface area (Å²) in [7, 11) is 0. The third kappa shape index (κ3) is 11.4. The van der Waals surface area contributed by atoms with Crippen LogP contribution >= 0.6 is 0 Å². The van der Waals surface area contributed by atoms with Crippen molar-refractivity contribution in [1.29, 1.82) is 0 Å². The number of ketones is 1. The van der Waals surface area contributed by atoms with E-state index in [0.717, 1.165) is 12.8 Å². The van der Waals surface area contributed by atoms with Gasteiger partial charge < -0.3 is 4.79 Å². The lowest BCUT2D eigenvalue weighted by Gasteiger charge is -1.99. The number of hydrogen-bond acceptors (Lipinski definition) is 1. The van der Waals surface area contributed by atoms with Crippen LogP contribution in [0.2, 0.25) is 0 Å². The second-order valence-corrected chi connectivity index (χ2v) is 3.93. The minimum absolute atomic E-state index is 0.332. The Morgan fingerprint density at radius 1 is 1.00 bits per heavy atom. The molecule has 0 aliphatic rings. The fraction of sp³-hybridized carbons (Fsp3) is 0.769. The summed E-state index contributed by atoms with van der Waals surface area (Å²) in [4.78, 5) is 10.6. The van der Waals surface area contributed by atoms with Crippen molar-refractivity contribution >= 4 is 5.78 Å². The fourth-order valence-electron chi connectivity index (χ4n) is 1.51. The van der Waals surface area contributed by atoms with E-state index in [2.05, 4.69) is 19.1 Å². The van der Waals surface area contributed by atoms with Gasteiger partial charge in [-0.15, -0.1) is 0 Å². The Bertz CT molecular complexity index is 159. The number of Topliss-reactive ketones (excluding diaryl/α,β-unsaturated/α-hetero) is 1. The topological polar surface area (TPSA) is 17.1 Å². The second kappa shape index (κ2) is 10.5. The van der Waals surface area contributed by atoms with E-state index in [1.54, 1.807) is 6.92 Å². The molecule has 0 aliphatic carbocycles. The summed E-state index contributed by atoms with van der Waals surface area (Å²) in [5.41, 5.74) is 0. The smallest absolute Gasteiger partial charge is 0.129 e. The third-order valence-corrected chi connectivity index (χ3v) is 2.39. The Morgan fingerprint density at radius 3 is 2.14 bits per heavy atom. The predicted octanol–water partition coefficient (Wildman–Crippen LogP) is 4.27. The molecule has 0 fully saturated rings. The molecule has 0 heterocycles. The molecule has 0 atom stereocenters. The molecular formula is C13H24O. The van der Waals surface area contributed by atoms with Gasteiger partial charge in [-0.1, -0.05) is 37.8 Å². The highest BCUT2D eigenvalue weighted by Gasteiger charge is 1.93. The number of rotatable bonds is 9. The van der Waals surface area contributed by atoms with Crippen LogP contribution in [0.25, 0.3) is 0 Å². The highest BCUT2D eigenvalue weighted by molar-refractivity contribution is 5.75. The summed E-state index contributed by atoms with van der Waals surface area (Å²) < 4.78 is 0. The second-order valence-electron chi connectivity index (χ2n) is 3.93. The maximum atomic E-state index is 10.6. The van der Waals surface area contributed by atoms with Crippen LogP contribution in [0.15, 0.2) is 12.2 Å². The SMILES string of the molecule is C/C=C/CCCCCCCCC(C)=O. The van der Waals surface area contributed by atoms with Gasteiger partial charge in [-0.05, 0) is 33.1 Å². The third-order valence-electron chi connectivity index (χ3n) is 2.39. The Labute approximate surface area is 88.6 Å². The first kappa shape index (κ1) is 13.4. The fourth-order valence-corrected chi connectivity index (χ4v) is 1.51. The van der Waals surface area contributed by atoms with Crippen molar-refractivity contribution in [2.75, 3.05) is 0 Å². The van der Waals surface area contributed by atoms with Crippen LogP contribution in [-0.4, -0.2) is 5.78 Å². The molecule has 0 bridgehead atoms. The van der Waals surface area contributed by atoms with Gasteiger partial charge in [0.15, 0.2) is 0 Å². The van der Waals surface area contributed by atoms with Crippen LogP contribution in [-0.2, 0) is 4.79 Å². The first-order valence-electron chi connectivity index (χ1n) is 5.88. The lowest BCUT2D eigenvalue weighted by atomic mass is 10.1. The van der Waals surface area contributed by atoms with E-state index < -0.39 is 0 Å². The predicted molar refractivity (Wildman–Crippen MR) is 62.4 cm³/mol. The molecule has 0 aromatic heterocycles. The van der Waals surface area contributed by atoms with E-state index in [9.17, 15) is 4.79 Å². The molecule has 0 aliphatic heterocycles. The first-order valence-corrected chi connectivity index (χ1v) is 5.88. The summed E-state index contributed by atoms with van der Waals surface area (Å²) in [6.07, 6.45) is 13.9. The zero-order valence-electron chi connectivity index (χ0n) is 9.72. The average Bonchev–Trinajstić information content (AvgIpc) is 2.15. The highest BCUT2D eigenvalue weighted by Crippen LogP contribution is 2.08. The molecule has 0 spiro atoms. The molecule has 1 heteroatoms. The van der Waals surface area contributed by atoms with Gasteiger partial charge >= 0.3 is 0 Å². The van der Waals surface area contributed by atoms with Gasteiger partial charge in [0.25, 0.3) is 0 Å². The summed E-state index contributed by atoms with van der Waals surface area (Å²) >= 11 is 0. The van der Waals surface area contributed by atoms with Crippen LogP contribution in [0, 0.1) is 0 Å². The van der Waals surface area contributed by atoms with Crippen LogP contribution in [0.4, 0.5) is 0 Å². The van der Waals surface area contributed by atoms with Crippen molar-refractivity contribution in [1.82, 2.24) is 0 Å². The van der Waals surface area contributed by atoms with Crippen molar-refractivity contribution in [2.24, 2.45) is 0 Å². The van der Waals surface area contributed by atoms with Crippen LogP contribution in [0.3, 0.4) is 0 Å². The number of unbranched alkanes of at least 4 members (excludes halogenated alkanes) is 6. The van der Waals surface area contributed by atoms with Crippen LogP contribution in [0.1, 0.15) is 65.2 Å². The van der Waals surface area contributed by atoms with Gasteiger partial charge in [-0.25, -0.2) is 0 Å². The molecule has 0 aromatic carbocycles. The standard InChI is InChI=1S/C13H24O/c1-3-4-5-6-7-8-9-10-11-12-13(2)14/h3-4H,5-12H2,1-2H3/b4-3+. The normalized spacial score (nSPS) is 11.0. The largest absolute Gasteiger partial charge is 0.300 e. The van der Waals surface area contributed by atoms with E-state index >= 15 is 0 Å². The van der Waals surface area contributed by atoms with E-state index in [0.29, 0.717) is 5.78 Å². The highest BCUT2D eigenvalue weighted by atomic mass is 16.1. The van der Waals surface area contributed by atoms with Gasteiger partial charge in [0, 0.05) is 6.42 Å². The Balaban J connectivity index is 2.95. The molecule has 0 amide bonds. The molecule has 0 N–H and O–H groups in total. The van der Waals surface area contributed by atoms with Gasteiger partial charge in [-0.2, -0.15) is 0 Å². The van der Waals surface area contributed by atoms with E-state index in [1.165, 1.54) is 38.5 Å². The molecule has 0 saturated heterocycles. The van der Waals surface area contributed by atoms with Gasteiger partial charge in [0.2, 0.25) is 0 Å². The number of allylic oxidation sites excluding steroid dienone is 2. The lowest BCUT2D eigenvalue weighted by Crippen LogP contribution is -1.89. The van der Waals surface area contributed by atoms with E-state index in [-0.39, 0.29) is 0 Å².